The molecule has 1 aliphatic heterocycles. The second-order valence-electron chi connectivity index (χ2n) is 2.05. The highest BCUT2D eigenvalue weighted by Crippen LogP contribution is 1.87. The van der Waals surface area contributed by atoms with Crippen LogP contribution in [0.25, 0.3) is 0 Å². The molecule has 0 amide bonds. The predicted molar refractivity (Wildman–Crippen MR) is 38.3 cm³/mol. The lowest BCUT2D eigenvalue weighted by Gasteiger charge is -2.16. The van der Waals surface area contributed by atoms with Crippen LogP contribution in [-0.4, -0.2) is 42.3 Å². The van der Waals surface area contributed by atoms with Gasteiger partial charge in [0.25, 0.3) is 0 Å². The Bertz CT molecular complexity index is 136. The highest BCUT2D eigenvalue weighted by molar-refractivity contribution is 5.80. The van der Waals surface area contributed by atoms with Gasteiger partial charge in [-0.15, -0.1) is 0 Å². The molecule has 5 heteroatoms. The normalized spacial score (nSPS) is 16.4. The van der Waals surface area contributed by atoms with E-state index in [9.17, 15) is 0 Å². The maximum Gasteiger partial charge on any atom is 0.208 e. The zero-order valence-electron chi connectivity index (χ0n) is 5.75. The molecule has 0 saturated carbocycles. The van der Waals surface area contributed by atoms with Crippen LogP contribution in [0.3, 0.4) is 0 Å². The number of nitrogens with one attached hydrogen (secondary N) is 1. The summed E-state index contributed by atoms with van der Waals surface area (Å²) < 4.78 is 0. The van der Waals surface area contributed by atoms with Gasteiger partial charge < -0.3 is 10.4 Å². The van der Waals surface area contributed by atoms with E-state index in [0.29, 0.717) is 12.5 Å². The zero-order chi connectivity index (χ0) is 7.40. The molecule has 1 heterocycles. The minimum absolute atomic E-state index is 0.0528. The van der Waals surface area contributed by atoms with Crippen molar-refractivity contribution in [3.63, 3.8) is 0 Å². The summed E-state index contributed by atoms with van der Waals surface area (Å²) in [5, 5.41) is 12.9. The van der Waals surface area contributed by atoms with Crippen LogP contribution in [-0.2, 0) is 0 Å². The van der Waals surface area contributed by atoms with Crippen molar-refractivity contribution < 1.29 is 5.11 Å². The van der Waals surface area contributed by atoms with Gasteiger partial charge in [0.2, 0.25) is 5.96 Å². The van der Waals surface area contributed by atoms with Gasteiger partial charge in [0.15, 0.2) is 0 Å². The molecule has 0 fully saturated rings. The molecular formula is C5H12N4O. The van der Waals surface area contributed by atoms with E-state index in [1.165, 1.54) is 5.01 Å². The predicted octanol–water partition coefficient (Wildman–Crippen LogP) is -1.89. The first kappa shape index (κ1) is 7.30. The molecule has 0 saturated heterocycles. The number of aliphatic imine (C=N–C) groups is 1. The molecule has 0 bridgehead atoms. The van der Waals surface area contributed by atoms with Crippen molar-refractivity contribution in [3.8, 4) is 0 Å². The largest absolute Gasteiger partial charge is 0.394 e. The second-order valence-corrected chi connectivity index (χ2v) is 2.05. The van der Waals surface area contributed by atoms with Crippen molar-refractivity contribution >= 4 is 5.96 Å². The summed E-state index contributed by atoms with van der Waals surface area (Å²) in [4.78, 5) is 4.05. The van der Waals surface area contributed by atoms with Crippen molar-refractivity contribution in [2.45, 2.75) is 0 Å². The topological polar surface area (TPSA) is 73.9 Å². The van der Waals surface area contributed by atoms with Crippen LogP contribution in [0.1, 0.15) is 0 Å². The Labute approximate surface area is 59.5 Å². The third kappa shape index (κ3) is 1.58. The quantitative estimate of drug-likeness (QED) is 0.313. The number of nitrogens with two attached hydrogens (primary N) is 1. The number of rotatable bonds is 2. The molecule has 0 unspecified atom stereocenters. The lowest BCUT2D eigenvalue weighted by atomic mass is 10.6. The highest BCUT2D eigenvalue weighted by atomic mass is 16.3. The van der Waals surface area contributed by atoms with Crippen molar-refractivity contribution in [2.24, 2.45) is 10.8 Å². The summed E-state index contributed by atoms with van der Waals surface area (Å²) in [7, 11) is 0. The lowest BCUT2D eigenvalue weighted by Crippen LogP contribution is -2.45. The minimum Gasteiger partial charge on any atom is -0.394 e. The first-order chi connectivity index (χ1) is 4.84. The van der Waals surface area contributed by atoms with Gasteiger partial charge in [-0.25, -0.2) is 5.84 Å². The number of hydrazine groups is 1. The third-order valence-corrected chi connectivity index (χ3v) is 1.27. The van der Waals surface area contributed by atoms with Crippen LogP contribution in [0.5, 0.6) is 0 Å². The van der Waals surface area contributed by atoms with E-state index in [1.54, 1.807) is 0 Å². The Kier molecular flexibility index (Phi) is 2.47. The van der Waals surface area contributed by atoms with Crippen LogP contribution in [0.4, 0.5) is 0 Å². The van der Waals surface area contributed by atoms with E-state index < -0.39 is 0 Å². The Morgan fingerprint density at radius 3 is 3.10 bits per heavy atom. The minimum atomic E-state index is 0.0528. The summed E-state index contributed by atoms with van der Waals surface area (Å²) >= 11 is 0. The molecule has 4 N–H and O–H groups in total. The zero-order valence-corrected chi connectivity index (χ0v) is 5.75. The Morgan fingerprint density at radius 2 is 2.60 bits per heavy atom. The molecule has 5 nitrogen and oxygen atoms in total. The first-order valence-electron chi connectivity index (χ1n) is 3.26. The number of guanidine groups is 1. The van der Waals surface area contributed by atoms with Crippen LogP contribution in [0, 0.1) is 0 Å². The molecule has 0 aromatic carbocycles. The number of hydrogen-bond donors (Lipinski definition) is 3. The molecule has 0 atom stereocenters. The average molecular weight is 144 g/mol. The van der Waals surface area contributed by atoms with Crippen molar-refractivity contribution in [3.05, 3.63) is 0 Å². The van der Waals surface area contributed by atoms with Gasteiger partial charge in [-0.05, 0) is 0 Å². The summed E-state index contributed by atoms with van der Waals surface area (Å²) in [5.74, 6) is 6.14. The lowest BCUT2D eigenvalue weighted by molar-refractivity contribution is 0.249. The summed E-state index contributed by atoms with van der Waals surface area (Å²) in [6.07, 6.45) is 0. The second kappa shape index (κ2) is 3.38. The number of aliphatic hydroxyl groups excluding tert-OH is 1. The molecule has 0 aromatic heterocycles. The summed E-state index contributed by atoms with van der Waals surface area (Å²) in [5.41, 5.74) is 0. The van der Waals surface area contributed by atoms with E-state index in [-0.39, 0.29) is 6.61 Å². The smallest absolute Gasteiger partial charge is 0.208 e. The maximum absolute atomic E-state index is 8.49. The van der Waals surface area contributed by atoms with Crippen LogP contribution in [0.2, 0.25) is 0 Å². The van der Waals surface area contributed by atoms with Gasteiger partial charge in [0.05, 0.1) is 19.7 Å². The van der Waals surface area contributed by atoms with Crippen LogP contribution < -0.4 is 11.2 Å². The highest BCUT2D eigenvalue weighted by Gasteiger charge is 2.08. The molecular weight excluding hydrogens is 132 g/mol. The molecule has 10 heavy (non-hydrogen) atoms. The number of nitrogens with zero attached hydrogens (tertiary/aromatic N) is 2. The van der Waals surface area contributed by atoms with Gasteiger partial charge >= 0.3 is 0 Å². The summed E-state index contributed by atoms with van der Waals surface area (Å²) in [6.45, 7) is 2.09. The van der Waals surface area contributed by atoms with Gasteiger partial charge in [0, 0.05) is 6.54 Å². The SMILES string of the molecule is NN(CCO)C1=NCCN1. The molecule has 0 aliphatic carbocycles. The van der Waals surface area contributed by atoms with E-state index in [1.807, 2.05) is 0 Å². The average Bonchev–Trinajstić information content (AvgIpc) is 2.38. The third-order valence-electron chi connectivity index (χ3n) is 1.27. The van der Waals surface area contributed by atoms with Crippen molar-refractivity contribution in [1.82, 2.24) is 10.3 Å². The van der Waals surface area contributed by atoms with Crippen molar-refractivity contribution in [1.29, 1.82) is 0 Å². The van der Waals surface area contributed by atoms with Gasteiger partial charge in [-0.3, -0.25) is 10.0 Å². The van der Waals surface area contributed by atoms with E-state index >= 15 is 0 Å². The fraction of sp³-hybridized carbons (Fsp3) is 0.800. The van der Waals surface area contributed by atoms with E-state index in [0.717, 1.165) is 13.1 Å². The monoisotopic (exact) mass is 144 g/mol. The number of aliphatic hydroxyl groups is 1. The molecule has 0 spiro atoms. The van der Waals surface area contributed by atoms with Gasteiger partial charge in [-0.1, -0.05) is 0 Å². The van der Waals surface area contributed by atoms with Crippen LogP contribution >= 0.6 is 0 Å². The first-order valence-corrected chi connectivity index (χ1v) is 3.26. The Hall–Kier alpha value is -0.810. The number of hydrogen-bond acceptors (Lipinski definition) is 5. The Balaban J connectivity index is 2.32. The van der Waals surface area contributed by atoms with Crippen LogP contribution in [0.15, 0.2) is 4.99 Å². The summed E-state index contributed by atoms with van der Waals surface area (Å²) in [6, 6.07) is 0. The molecule has 1 aliphatic rings. The standard InChI is InChI=1S/C5H12N4O/c6-9(3-4-10)5-7-1-2-8-5/h10H,1-4,6H2,(H,7,8). The fourth-order valence-corrected chi connectivity index (χ4v) is 0.791. The Morgan fingerprint density at radius 1 is 1.80 bits per heavy atom. The van der Waals surface area contributed by atoms with E-state index in [4.69, 9.17) is 10.9 Å². The fourth-order valence-electron chi connectivity index (χ4n) is 0.791. The molecule has 0 radical (unpaired) electrons. The maximum atomic E-state index is 8.49. The van der Waals surface area contributed by atoms with E-state index in [2.05, 4.69) is 10.3 Å². The van der Waals surface area contributed by atoms with Gasteiger partial charge in [-0.2, -0.15) is 0 Å². The molecule has 0 aromatic rings. The molecule has 1 rings (SSSR count). The molecule has 58 valence electrons. The van der Waals surface area contributed by atoms with Gasteiger partial charge in [0.1, 0.15) is 0 Å². The van der Waals surface area contributed by atoms with Crippen molar-refractivity contribution in [2.75, 3.05) is 26.2 Å².